The van der Waals surface area contributed by atoms with Crippen LogP contribution in [0, 0.1) is 0 Å². The third-order valence-electron chi connectivity index (χ3n) is 2.38. The van der Waals surface area contributed by atoms with Gasteiger partial charge in [-0.05, 0) is 12.8 Å². The maximum atomic E-state index is 5.52. The molecule has 1 aromatic rings. The monoisotopic (exact) mass is 198 g/mol. The van der Waals surface area contributed by atoms with Crippen molar-refractivity contribution in [2.24, 2.45) is 5.73 Å². The number of aromatic nitrogens is 1. The summed E-state index contributed by atoms with van der Waals surface area (Å²) in [7, 11) is 0. The Labute approximate surface area is 81.9 Å². The highest BCUT2D eigenvalue weighted by molar-refractivity contribution is 7.09. The zero-order valence-electron chi connectivity index (χ0n) is 7.53. The van der Waals surface area contributed by atoms with E-state index in [1.807, 2.05) is 0 Å². The molecule has 0 bridgehead atoms. The predicted molar refractivity (Wildman–Crippen MR) is 52.8 cm³/mol. The van der Waals surface area contributed by atoms with E-state index in [2.05, 4.69) is 10.4 Å². The molecule has 1 aromatic heterocycles. The highest BCUT2D eigenvalue weighted by Gasteiger charge is 2.18. The molecule has 1 fully saturated rings. The lowest BCUT2D eigenvalue weighted by atomic mass is 9.98. The predicted octanol–water partition coefficient (Wildman–Crippen LogP) is 1.50. The van der Waals surface area contributed by atoms with Crippen LogP contribution in [0.15, 0.2) is 5.38 Å². The van der Waals surface area contributed by atoms with Crippen molar-refractivity contribution in [3.8, 4) is 0 Å². The molecule has 0 spiro atoms. The van der Waals surface area contributed by atoms with Crippen LogP contribution in [-0.4, -0.2) is 18.2 Å². The van der Waals surface area contributed by atoms with Crippen molar-refractivity contribution in [3.63, 3.8) is 0 Å². The number of hydrogen-bond acceptors (Lipinski definition) is 4. The maximum absolute atomic E-state index is 5.52. The first kappa shape index (κ1) is 9.12. The van der Waals surface area contributed by atoms with Gasteiger partial charge in [0.2, 0.25) is 0 Å². The normalized spacial score (nSPS) is 19.2. The van der Waals surface area contributed by atoms with Crippen molar-refractivity contribution < 1.29 is 4.74 Å². The van der Waals surface area contributed by atoms with Gasteiger partial charge in [-0.2, -0.15) is 0 Å². The molecule has 1 saturated heterocycles. The van der Waals surface area contributed by atoms with Crippen molar-refractivity contribution in [1.29, 1.82) is 0 Å². The van der Waals surface area contributed by atoms with Gasteiger partial charge < -0.3 is 10.5 Å². The van der Waals surface area contributed by atoms with Gasteiger partial charge in [0.25, 0.3) is 0 Å². The molecule has 1 aliphatic rings. The molecule has 0 saturated carbocycles. The molecule has 0 unspecified atom stereocenters. The van der Waals surface area contributed by atoms with Gasteiger partial charge in [0.15, 0.2) is 0 Å². The van der Waals surface area contributed by atoms with Crippen LogP contribution in [0.4, 0.5) is 0 Å². The van der Waals surface area contributed by atoms with Crippen LogP contribution in [0.3, 0.4) is 0 Å². The summed E-state index contributed by atoms with van der Waals surface area (Å²) in [6.07, 6.45) is 2.21. The third kappa shape index (κ3) is 2.07. The van der Waals surface area contributed by atoms with E-state index < -0.39 is 0 Å². The zero-order chi connectivity index (χ0) is 9.10. The molecular formula is C9H14N2OS. The molecule has 72 valence electrons. The van der Waals surface area contributed by atoms with Crippen LogP contribution in [-0.2, 0) is 11.3 Å². The Kier molecular flexibility index (Phi) is 2.93. The Bertz CT molecular complexity index is 268. The van der Waals surface area contributed by atoms with Crippen LogP contribution in [0.25, 0.3) is 0 Å². The molecule has 3 nitrogen and oxygen atoms in total. The fraction of sp³-hybridized carbons (Fsp3) is 0.667. The highest BCUT2D eigenvalue weighted by Crippen LogP contribution is 2.27. The summed E-state index contributed by atoms with van der Waals surface area (Å²) in [6.45, 7) is 2.31. The second kappa shape index (κ2) is 4.17. The molecule has 0 atom stereocenters. The Morgan fingerprint density at radius 1 is 1.54 bits per heavy atom. The molecule has 0 aliphatic carbocycles. The summed E-state index contributed by atoms with van der Waals surface area (Å²) in [5.74, 6) is 0.602. The second-order valence-electron chi connectivity index (χ2n) is 3.26. The van der Waals surface area contributed by atoms with Crippen molar-refractivity contribution in [3.05, 3.63) is 16.1 Å². The summed E-state index contributed by atoms with van der Waals surface area (Å²) in [5, 5.41) is 3.18. The van der Waals surface area contributed by atoms with Crippen molar-refractivity contribution in [1.82, 2.24) is 4.98 Å². The second-order valence-corrected chi connectivity index (χ2v) is 4.20. The minimum absolute atomic E-state index is 0.563. The van der Waals surface area contributed by atoms with Crippen molar-refractivity contribution in [2.75, 3.05) is 13.2 Å². The lowest BCUT2D eigenvalue weighted by Crippen LogP contribution is -2.14. The average molecular weight is 198 g/mol. The molecule has 2 rings (SSSR count). The van der Waals surface area contributed by atoms with Gasteiger partial charge in [0, 0.05) is 31.1 Å². The van der Waals surface area contributed by atoms with E-state index in [0.717, 1.165) is 31.1 Å². The summed E-state index contributed by atoms with van der Waals surface area (Å²) in [5.41, 5.74) is 6.73. The number of rotatable bonds is 2. The highest BCUT2D eigenvalue weighted by atomic mass is 32.1. The Hall–Kier alpha value is -0.450. The Morgan fingerprint density at radius 3 is 2.92 bits per heavy atom. The standard InChI is InChI=1S/C9H14N2OS/c10-5-9-11-8(6-13-9)7-1-3-12-4-2-7/h6-7H,1-5,10H2. The van der Waals surface area contributed by atoms with Crippen molar-refractivity contribution >= 4 is 11.3 Å². The smallest absolute Gasteiger partial charge is 0.106 e. The topological polar surface area (TPSA) is 48.1 Å². The molecule has 2 N–H and O–H groups in total. The maximum Gasteiger partial charge on any atom is 0.106 e. The van der Waals surface area contributed by atoms with E-state index in [-0.39, 0.29) is 0 Å². The quantitative estimate of drug-likeness (QED) is 0.783. The van der Waals surface area contributed by atoms with Gasteiger partial charge in [-0.1, -0.05) is 0 Å². The fourth-order valence-electron chi connectivity index (χ4n) is 1.60. The molecule has 0 aromatic carbocycles. The molecule has 0 amide bonds. The van der Waals surface area contributed by atoms with E-state index in [0.29, 0.717) is 12.5 Å². The molecule has 4 heteroatoms. The fourth-order valence-corrected chi connectivity index (χ4v) is 2.36. The number of hydrogen-bond donors (Lipinski definition) is 1. The Balaban J connectivity index is 2.05. The first-order valence-electron chi connectivity index (χ1n) is 4.62. The minimum Gasteiger partial charge on any atom is -0.381 e. The van der Waals surface area contributed by atoms with Crippen LogP contribution in [0.5, 0.6) is 0 Å². The number of thiazole rings is 1. The van der Waals surface area contributed by atoms with E-state index in [4.69, 9.17) is 10.5 Å². The van der Waals surface area contributed by atoms with E-state index in [9.17, 15) is 0 Å². The molecular weight excluding hydrogens is 184 g/mol. The van der Waals surface area contributed by atoms with Crippen LogP contribution in [0.1, 0.15) is 29.5 Å². The average Bonchev–Trinajstić information content (AvgIpc) is 2.67. The molecule has 0 radical (unpaired) electrons. The lowest BCUT2D eigenvalue weighted by Gasteiger charge is -2.19. The lowest BCUT2D eigenvalue weighted by molar-refractivity contribution is 0.0846. The molecule has 13 heavy (non-hydrogen) atoms. The van der Waals surface area contributed by atoms with Gasteiger partial charge in [0.1, 0.15) is 5.01 Å². The SMILES string of the molecule is NCc1nc(C2CCOCC2)cs1. The van der Waals surface area contributed by atoms with Gasteiger partial charge >= 0.3 is 0 Å². The van der Waals surface area contributed by atoms with Gasteiger partial charge in [-0.15, -0.1) is 11.3 Å². The van der Waals surface area contributed by atoms with Crippen LogP contribution >= 0.6 is 11.3 Å². The number of nitrogens with zero attached hydrogens (tertiary/aromatic N) is 1. The summed E-state index contributed by atoms with van der Waals surface area (Å²) in [4.78, 5) is 4.49. The molecule has 1 aliphatic heterocycles. The van der Waals surface area contributed by atoms with Crippen LogP contribution < -0.4 is 5.73 Å². The zero-order valence-corrected chi connectivity index (χ0v) is 8.35. The largest absolute Gasteiger partial charge is 0.381 e. The summed E-state index contributed by atoms with van der Waals surface area (Å²) < 4.78 is 5.31. The minimum atomic E-state index is 0.563. The summed E-state index contributed by atoms with van der Waals surface area (Å²) >= 11 is 1.67. The van der Waals surface area contributed by atoms with Crippen molar-refractivity contribution in [2.45, 2.75) is 25.3 Å². The van der Waals surface area contributed by atoms with E-state index in [1.54, 1.807) is 11.3 Å². The van der Waals surface area contributed by atoms with Gasteiger partial charge in [-0.25, -0.2) is 4.98 Å². The molecule has 2 heterocycles. The first-order chi connectivity index (χ1) is 6.40. The van der Waals surface area contributed by atoms with Gasteiger partial charge in [0.05, 0.1) is 5.69 Å². The Morgan fingerprint density at radius 2 is 2.31 bits per heavy atom. The number of ether oxygens (including phenoxy) is 1. The number of nitrogens with two attached hydrogens (primary N) is 1. The first-order valence-corrected chi connectivity index (χ1v) is 5.50. The summed E-state index contributed by atoms with van der Waals surface area (Å²) in [6, 6.07) is 0. The third-order valence-corrected chi connectivity index (χ3v) is 3.27. The van der Waals surface area contributed by atoms with E-state index in [1.165, 1.54) is 5.69 Å². The van der Waals surface area contributed by atoms with E-state index >= 15 is 0 Å². The van der Waals surface area contributed by atoms with Gasteiger partial charge in [-0.3, -0.25) is 0 Å². The van der Waals surface area contributed by atoms with Crippen LogP contribution in [0.2, 0.25) is 0 Å².